The Morgan fingerprint density at radius 3 is 2.90 bits per heavy atom. The van der Waals surface area contributed by atoms with Gasteiger partial charge in [-0.15, -0.1) is 0 Å². The zero-order chi connectivity index (χ0) is 21.8. The van der Waals surface area contributed by atoms with Crippen LogP contribution in [0.25, 0.3) is 16.9 Å². The summed E-state index contributed by atoms with van der Waals surface area (Å²) in [4.78, 5) is 21.0. The number of aromatic nitrogens is 3. The summed E-state index contributed by atoms with van der Waals surface area (Å²) in [7, 11) is 1.59. The van der Waals surface area contributed by atoms with Crippen LogP contribution in [0.15, 0.2) is 61.1 Å². The summed E-state index contributed by atoms with van der Waals surface area (Å²) in [5, 5.41) is 5.60. The third kappa shape index (κ3) is 4.45. The summed E-state index contributed by atoms with van der Waals surface area (Å²) in [6.45, 7) is 0.246. The lowest BCUT2D eigenvalue weighted by Gasteiger charge is -2.10. The van der Waals surface area contributed by atoms with Crippen LogP contribution < -0.4 is 15.4 Å². The van der Waals surface area contributed by atoms with Crippen LogP contribution in [0.3, 0.4) is 0 Å². The normalized spacial score (nSPS) is 10.8. The third-order valence-electron chi connectivity index (χ3n) is 4.62. The first-order chi connectivity index (χ1) is 15.0. The second-order valence-corrected chi connectivity index (χ2v) is 6.69. The van der Waals surface area contributed by atoms with E-state index >= 15 is 0 Å². The third-order valence-corrected chi connectivity index (χ3v) is 4.62. The van der Waals surface area contributed by atoms with E-state index in [0.717, 1.165) is 23.8 Å². The summed E-state index contributed by atoms with van der Waals surface area (Å²) in [5.74, 6) is -0.407. The van der Waals surface area contributed by atoms with E-state index in [9.17, 15) is 13.6 Å². The Morgan fingerprint density at radius 2 is 2.06 bits per heavy atom. The average molecular weight is 423 g/mol. The molecule has 0 aliphatic carbocycles. The van der Waals surface area contributed by atoms with E-state index < -0.39 is 17.5 Å². The first-order valence-corrected chi connectivity index (χ1v) is 9.50. The van der Waals surface area contributed by atoms with Gasteiger partial charge in [-0.1, -0.05) is 12.1 Å². The predicted molar refractivity (Wildman–Crippen MR) is 113 cm³/mol. The maximum Gasteiger partial charge on any atom is 0.226 e. The Kier molecular flexibility index (Phi) is 5.74. The van der Waals surface area contributed by atoms with E-state index in [1.54, 1.807) is 25.7 Å². The molecule has 7 nitrogen and oxygen atoms in total. The summed E-state index contributed by atoms with van der Waals surface area (Å²) < 4.78 is 34.1. The molecule has 4 rings (SSSR count). The Bertz CT molecular complexity index is 1240. The van der Waals surface area contributed by atoms with Crippen molar-refractivity contribution in [1.29, 1.82) is 0 Å². The summed E-state index contributed by atoms with van der Waals surface area (Å²) in [6.07, 6.45) is 5.06. The fourth-order valence-electron chi connectivity index (χ4n) is 3.15. The zero-order valence-electron chi connectivity index (χ0n) is 16.6. The van der Waals surface area contributed by atoms with Crippen LogP contribution >= 0.6 is 0 Å². The lowest BCUT2D eigenvalue weighted by molar-refractivity contribution is -0.116. The number of amides is 1. The molecule has 4 aromatic rings. The van der Waals surface area contributed by atoms with Crippen LogP contribution in [-0.4, -0.2) is 33.9 Å². The number of benzene rings is 2. The van der Waals surface area contributed by atoms with Crippen LogP contribution in [0, 0.1) is 11.6 Å². The number of halogens is 2. The van der Waals surface area contributed by atoms with Crippen molar-refractivity contribution in [3.8, 4) is 17.0 Å². The number of hydrogen-bond acceptors (Lipinski definition) is 5. The second kappa shape index (κ2) is 8.78. The van der Waals surface area contributed by atoms with E-state index in [2.05, 4.69) is 20.6 Å². The van der Waals surface area contributed by atoms with Gasteiger partial charge < -0.3 is 15.4 Å². The molecule has 0 fully saturated rings. The van der Waals surface area contributed by atoms with Crippen LogP contribution in [0.5, 0.6) is 5.75 Å². The van der Waals surface area contributed by atoms with E-state index in [-0.39, 0.29) is 18.7 Å². The van der Waals surface area contributed by atoms with Crippen molar-refractivity contribution in [3.63, 3.8) is 0 Å². The number of methoxy groups -OCH3 is 1. The highest BCUT2D eigenvalue weighted by molar-refractivity contribution is 5.91. The van der Waals surface area contributed by atoms with Crippen molar-refractivity contribution in [2.24, 2.45) is 0 Å². The summed E-state index contributed by atoms with van der Waals surface area (Å²) in [5.41, 5.74) is 1.94. The number of carbonyl (C=O) groups is 1. The maximum atomic E-state index is 13.7. The van der Waals surface area contributed by atoms with E-state index in [0.29, 0.717) is 22.9 Å². The molecule has 0 unspecified atom stereocenters. The molecule has 0 aliphatic heterocycles. The number of anilines is 2. The highest BCUT2D eigenvalue weighted by Gasteiger charge is 2.15. The predicted octanol–water partition coefficient (Wildman–Crippen LogP) is 4.12. The molecule has 0 atom stereocenters. The van der Waals surface area contributed by atoms with Gasteiger partial charge in [0, 0.05) is 37.0 Å². The van der Waals surface area contributed by atoms with Gasteiger partial charge >= 0.3 is 0 Å². The van der Waals surface area contributed by atoms with Gasteiger partial charge in [0.15, 0.2) is 5.65 Å². The smallest absolute Gasteiger partial charge is 0.226 e. The molecule has 2 N–H and O–H groups in total. The maximum absolute atomic E-state index is 13.7. The molecule has 1 amide bonds. The number of hydrogen-bond donors (Lipinski definition) is 2. The molecule has 0 saturated heterocycles. The van der Waals surface area contributed by atoms with Crippen LogP contribution in [0.1, 0.15) is 6.42 Å². The summed E-state index contributed by atoms with van der Waals surface area (Å²) in [6, 6.07) is 10.4. The fraction of sp³-hybridized carbons (Fsp3) is 0.136. The molecule has 0 aliphatic rings. The fourth-order valence-corrected chi connectivity index (χ4v) is 3.15. The molecule has 0 saturated carbocycles. The van der Waals surface area contributed by atoms with Crippen LogP contribution in [0.2, 0.25) is 0 Å². The van der Waals surface area contributed by atoms with Crippen LogP contribution in [-0.2, 0) is 4.79 Å². The zero-order valence-corrected chi connectivity index (χ0v) is 16.6. The Balaban J connectivity index is 1.52. The molecule has 2 aromatic heterocycles. The highest BCUT2D eigenvalue weighted by Crippen LogP contribution is 2.30. The number of nitrogens with zero attached hydrogens (tertiary/aromatic N) is 3. The van der Waals surface area contributed by atoms with Gasteiger partial charge in [-0.05, 0) is 24.3 Å². The number of imidazole rings is 1. The number of carbonyl (C=O) groups excluding carboxylic acids is 1. The largest absolute Gasteiger partial charge is 0.497 e. The van der Waals surface area contributed by atoms with Crippen molar-refractivity contribution < 1.29 is 18.3 Å². The minimum absolute atomic E-state index is 0.0336. The minimum Gasteiger partial charge on any atom is -0.497 e. The van der Waals surface area contributed by atoms with E-state index in [1.807, 2.05) is 28.7 Å². The summed E-state index contributed by atoms with van der Waals surface area (Å²) >= 11 is 0. The van der Waals surface area contributed by atoms with Gasteiger partial charge in [0.05, 0.1) is 19.0 Å². The molecule has 0 bridgehead atoms. The Hall–Kier alpha value is -4.01. The molecule has 158 valence electrons. The molecule has 31 heavy (non-hydrogen) atoms. The Labute approximate surface area is 176 Å². The topological polar surface area (TPSA) is 80.6 Å². The lowest BCUT2D eigenvalue weighted by Crippen LogP contribution is -2.17. The van der Waals surface area contributed by atoms with Gasteiger partial charge in [0.1, 0.15) is 28.9 Å². The molecule has 2 aromatic carbocycles. The van der Waals surface area contributed by atoms with E-state index in [1.165, 1.54) is 0 Å². The quantitative estimate of drug-likeness (QED) is 0.467. The van der Waals surface area contributed by atoms with E-state index in [4.69, 9.17) is 4.74 Å². The molecular weight excluding hydrogens is 404 g/mol. The molecular formula is C22H19F2N5O2. The van der Waals surface area contributed by atoms with Gasteiger partial charge in [0.2, 0.25) is 5.91 Å². The molecule has 2 heterocycles. The Morgan fingerprint density at radius 1 is 1.19 bits per heavy atom. The lowest BCUT2D eigenvalue weighted by atomic mass is 10.1. The number of fused-ring (bicyclic) bond motifs is 1. The van der Waals surface area contributed by atoms with Crippen LogP contribution in [0.4, 0.5) is 20.3 Å². The van der Waals surface area contributed by atoms with Crippen molar-refractivity contribution in [2.75, 3.05) is 24.3 Å². The molecule has 9 heteroatoms. The molecule has 0 spiro atoms. The van der Waals surface area contributed by atoms with Crippen molar-refractivity contribution in [1.82, 2.24) is 14.4 Å². The van der Waals surface area contributed by atoms with Gasteiger partial charge in [-0.3, -0.25) is 14.2 Å². The number of rotatable bonds is 7. The minimum atomic E-state index is -0.697. The first-order valence-electron chi connectivity index (χ1n) is 9.50. The molecule has 0 radical (unpaired) electrons. The first kappa shape index (κ1) is 20.3. The van der Waals surface area contributed by atoms with Crippen molar-refractivity contribution >= 4 is 23.1 Å². The van der Waals surface area contributed by atoms with Gasteiger partial charge in [-0.25, -0.2) is 13.8 Å². The highest BCUT2D eigenvalue weighted by atomic mass is 19.1. The average Bonchev–Trinajstić information content (AvgIpc) is 3.15. The van der Waals surface area contributed by atoms with Gasteiger partial charge in [0.25, 0.3) is 0 Å². The monoisotopic (exact) mass is 423 g/mol. The number of nitrogens with one attached hydrogen (secondary N) is 2. The van der Waals surface area contributed by atoms with Crippen molar-refractivity contribution in [3.05, 3.63) is 72.7 Å². The number of ether oxygens (including phenoxy) is 1. The van der Waals surface area contributed by atoms with Gasteiger partial charge in [-0.2, -0.15) is 0 Å². The van der Waals surface area contributed by atoms with Crippen molar-refractivity contribution in [2.45, 2.75) is 6.42 Å². The standard InChI is InChI=1S/C22H19F2N5O2/c1-31-16-4-2-3-14(11-16)21-22(29-10-9-25-13-19(29)28-21)26-8-7-20(30)27-18-12-15(23)5-6-17(18)24/h2-6,9-13,26H,7-8H2,1H3,(H,27,30). The second-order valence-electron chi connectivity index (χ2n) is 6.69. The SMILES string of the molecule is COc1cccc(-c2nc3cnccn3c2NCCC(=O)Nc2cc(F)ccc2F)c1.